The highest BCUT2D eigenvalue weighted by atomic mass is 35.5. The molecular weight excluding hydrogens is 642 g/mol. The van der Waals surface area contributed by atoms with Gasteiger partial charge in [0.15, 0.2) is 0 Å². The smallest absolute Gasteiger partial charge is 0.335 e. The van der Waals surface area contributed by atoms with E-state index in [9.17, 15) is 14.7 Å². The number of hydrogen-bond acceptors (Lipinski definition) is 5. The molecule has 1 spiro atoms. The minimum Gasteiger partial charge on any atom is -0.497 e. The van der Waals surface area contributed by atoms with E-state index in [2.05, 4.69) is 14.8 Å². The number of carbonyl (C=O) groups excluding carboxylic acids is 1. The normalized spacial score (nSPS) is 22.6. The van der Waals surface area contributed by atoms with Gasteiger partial charge in [0.2, 0.25) is 5.91 Å². The predicted molar refractivity (Wildman–Crippen MR) is 179 cm³/mol. The van der Waals surface area contributed by atoms with E-state index in [1.54, 1.807) is 49.6 Å². The van der Waals surface area contributed by atoms with Crippen LogP contribution in [0.4, 0.5) is 10.1 Å². The van der Waals surface area contributed by atoms with Crippen molar-refractivity contribution >= 4 is 51.8 Å². The maximum absolute atomic E-state index is 16.3. The fourth-order valence-corrected chi connectivity index (χ4v) is 8.40. The summed E-state index contributed by atoms with van der Waals surface area (Å²) in [7, 11) is 1.62. The van der Waals surface area contributed by atoms with Gasteiger partial charge in [-0.1, -0.05) is 61.0 Å². The number of carboxylic acids is 1. The lowest BCUT2D eigenvalue weighted by molar-refractivity contribution is -0.128. The number of ether oxygens (including phenoxy) is 1. The Kier molecular flexibility index (Phi) is 7.54. The van der Waals surface area contributed by atoms with E-state index in [0.29, 0.717) is 52.7 Å². The van der Waals surface area contributed by atoms with Crippen molar-refractivity contribution in [1.29, 1.82) is 0 Å². The van der Waals surface area contributed by atoms with E-state index in [1.165, 1.54) is 6.07 Å². The molecule has 240 valence electrons. The molecule has 2 N–H and O–H groups in total. The molecule has 3 aliphatic rings. The van der Waals surface area contributed by atoms with Crippen LogP contribution >= 0.6 is 23.2 Å². The molecule has 11 heteroatoms. The van der Waals surface area contributed by atoms with Crippen molar-refractivity contribution in [2.24, 2.45) is 0 Å². The third kappa shape index (κ3) is 4.47. The average molecular weight is 674 g/mol. The number of likely N-dealkylation sites (tertiary alicyclic amines) is 1. The Labute approximate surface area is 280 Å². The van der Waals surface area contributed by atoms with Gasteiger partial charge in [-0.3, -0.25) is 9.69 Å². The standard InChI is InChI=1S/C35H27Cl2FN4O4.CH4/c1-46-21-5-2-4-18(14-21)12-13-42-28-17-41-27-11-8-19(33(43)44)15-26(27)39-32(41)29(28)30(22-6-3-7-24(37)31(22)38)35(42)23-10-9-20(36)16-25(23)40-34(35)45;/h2-11,14-16,28-30H,12-13,17H2,1H3,(H,40,45)(H,43,44);1H4/t28-,29+,30-,35+;/m0./s1. The number of anilines is 1. The zero-order chi connectivity index (χ0) is 31.9. The highest BCUT2D eigenvalue weighted by Gasteiger charge is 2.69. The molecule has 4 aromatic carbocycles. The van der Waals surface area contributed by atoms with Gasteiger partial charge in [0.25, 0.3) is 0 Å². The number of aromatic nitrogens is 2. The number of carboxylic acid groups (broad SMARTS) is 1. The van der Waals surface area contributed by atoms with Crippen molar-refractivity contribution in [3.05, 3.63) is 123 Å². The maximum atomic E-state index is 16.3. The second kappa shape index (κ2) is 11.4. The van der Waals surface area contributed by atoms with Crippen molar-refractivity contribution < 1.29 is 23.8 Å². The lowest BCUT2D eigenvalue weighted by atomic mass is 9.71. The molecule has 4 heterocycles. The van der Waals surface area contributed by atoms with Gasteiger partial charge in [0.05, 0.1) is 28.7 Å². The molecule has 1 saturated heterocycles. The number of amides is 1. The first-order valence-electron chi connectivity index (χ1n) is 14.9. The molecule has 0 unspecified atom stereocenters. The van der Waals surface area contributed by atoms with E-state index in [0.717, 1.165) is 16.8 Å². The van der Waals surface area contributed by atoms with Crippen LogP contribution < -0.4 is 10.1 Å². The van der Waals surface area contributed by atoms with Crippen molar-refractivity contribution in [2.45, 2.75) is 43.8 Å². The quantitative estimate of drug-likeness (QED) is 0.194. The van der Waals surface area contributed by atoms with Gasteiger partial charge in [0, 0.05) is 47.2 Å². The Hall–Kier alpha value is -4.44. The van der Waals surface area contributed by atoms with Crippen LogP contribution in [0.3, 0.4) is 0 Å². The minimum absolute atomic E-state index is 0. The molecule has 3 aliphatic heterocycles. The molecule has 4 atom stereocenters. The van der Waals surface area contributed by atoms with Crippen molar-refractivity contribution in [2.75, 3.05) is 19.0 Å². The van der Waals surface area contributed by atoms with E-state index in [-0.39, 0.29) is 30.0 Å². The number of aromatic carboxylic acids is 1. The summed E-state index contributed by atoms with van der Waals surface area (Å²) in [6.45, 7) is 0.937. The summed E-state index contributed by atoms with van der Waals surface area (Å²) >= 11 is 12.8. The third-order valence-corrected chi connectivity index (χ3v) is 10.4. The monoisotopic (exact) mass is 672 g/mol. The summed E-state index contributed by atoms with van der Waals surface area (Å²) in [5.41, 5.74) is 2.75. The Morgan fingerprint density at radius 3 is 2.70 bits per heavy atom. The van der Waals surface area contributed by atoms with Crippen molar-refractivity contribution in [3.8, 4) is 5.75 Å². The van der Waals surface area contributed by atoms with Crippen molar-refractivity contribution in [1.82, 2.24) is 14.5 Å². The molecule has 47 heavy (non-hydrogen) atoms. The summed E-state index contributed by atoms with van der Waals surface area (Å²) < 4.78 is 23.8. The topological polar surface area (TPSA) is 96.7 Å². The van der Waals surface area contributed by atoms with E-state index >= 15 is 4.39 Å². The third-order valence-electron chi connectivity index (χ3n) is 9.85. The summed E-state index contributed by atoms with van der Waals surface area (Å²) in [5.74, 6) is -1.67. The molecule has 0 radical (unpaired) electrons. The number of halogens is 3. The minimum atomic E-state index is -1.32. The first-order valence-corrected chi connectivity index (χ1v) is 15.7. The van der Waals surface area contributed by atoms with Gasteiger partial charge >= 0.3 is 5.97 Å². The highest BCUT2D eigenvalue weighted by molar-refractivity contribution is 6.31. The van der Waals surface area contributed by atoms with Crippen LogP contribution in [0.5, 0.6) is 5.75 Å². The van der Waals surface area contributed by atoms with E-state index in [4.69, 9.17) is 32.9 Å². The second-order valence-electron chi connectivity index (χ2n) is 12.0. The summed E-state index contributed by atoms with van der Waals surface area (Å²) in [5, 5.41) is 13.1. The van der Waals surface area contributed by atoms with Crippen LogP contribution in [0.25, 0.3) is 11.0 Å². The molecule has 1 fully saturated rings. The van der Waals surface area contributed by atoms with Gasteiger partial charge in [-0.05, 0) is 66.1 Å². The Morgan fingerprint density at radius 2 is 1.91 bits per heavy atom. The molecule has 0 bridgehead atoms. The summed E-state index contributed by atoms with van der Waals surface area (Å²) in [4.78, 5) is 33.6. The van der Waals surface area contributed by atoms with E-state index in [1.807, 2.05) is 30.3 Å². The Balaban J connectivity index is 0.00000351. The van der Waals surface area contributed by atoms with Crippen LogP contribution in [0.2, 0.25) is 10.0 Å². The molecule has 0 aliphatic carbocycles. The number of imidazole rings is 1. The van der Waals surface area contributed by atoms with Gasteiger partial charge in [-0.15, -0.1) is 0 Å². The van der Waals surface area contributed by atoms with Gasteiger partial charge in [0.1, 0.15) is 22.9 Å². The SMILES string of the molecule is C.COc1cccc(CCN2[C@H]3Cn4c(nc5cc(C(=O)O)ccc54)[C@H]3[C@H](c3cccc(Cl)c3F)[C@]23C(=O)Nc2cc(Cl)ccc23)c1. The number of rotatable bonds is 6. The van der Waals surface area contributed by atoms with Gasteiger partial charge < -0.3 is 19.7 Å². The number of nitrogens with zero attached hydrogens (tertiary/aromatic N) is 3. The highest BCUT2D eigenvalue weighted by Crippen LogP contribution is 2.64. The first kappa shape index (κ1) is 31.2. The molecule has 8 nitrogen and oxygen atoms in total. The van der Waals surface area contributed by atoms with Crippen LogP contribution in [0, 0.1) is 5.82 Å². The summed E-state index contributed by atoms with van der Waals surface area (Å²) in [6.07, 6.45) is 0.591. The lowest BCUT2D eigenvalue weighted by Crippen LogP contribution is -2.53. The Bertz CT molecular complexity index is 2100. The largest absolute Gasteiger partial charge is 0.497 e. The van der Waals surface area contributed by atoms with Gasteiger partial charge in [-0.25, -0.2) is 14.2 Å². The van der Waals surface area contributed by atoms with Crippen molar-refractivity contribution in [3.63, 3.8) is 0 Å². The molecule has 5 aromatic rings. The van der Waals surface area contributed by atoms with E-state index < -0.39 is 29.2 Å². The number of methoxy groups -OCH3 is 1. The molecule has 8 rings (SSSR count). The second-order valence-corrected chi connectivity index (χ2v) is 12.9. The molecule has 1 amide bonds. The zero-order valence-corrected chi connectivity index (χ0v) is 26.0. The van der Waals surface area contributed by atoms with Crippen LogP contribution in [-0.4, -0.2) is 51.1 Å². The van der Waals surface area contributed by atoms with Gasteiger partial charge in [-0.2, -0.15) is 0 Å². The Morgan fingerprint density at radius 1 is 1.11 bits per heavy atom. The number of fused-ring (bicyclic) bond motifs is 7. The zero-order valence-electron chi connectivity index (χ0n) is 24.5. The molecule has 1 aromatic heterocycles. The first-order chi connectivity index (χ1) is 22.2. The molecule has 0 saturated carbocycles. The number of hydrogen-bond donors (Lipinski definition) is 2. The summed E-state index contributed by atoms with van der Waals surface area (Å²) in [6, 6.07) is 22.7. The number of benzene rings is 4. The maximum Gasteiger partial charge on any atom is 0.335 e. The number of carbonyl (C=O) groups is 2. The molecular formula is C36H31Cl2FN4O4. The fourth-order valence-electron chi connectivity index (χ4n) is 8.05. The number of nitrogens with one attached hydrogen (secondary N) is 1. The lowest BCUT2D eigenvalue weighted by Gasteiger charge is -2.40. The fraction of sp³-hybridized carbons (Fsp3) is 0.250. The van der Waals surface area contributed by atoms with Crippen LogP contribution in [0.1, 0.15) is 52.1 Å². The van der Waals surface area contributed by atoms with Crippen LogP contribution in [-0.2, 0) is 23.3 Å². The predicted octanol–water partition coefficient (Wildman–Crippen LogP) is 7.48. The average Bonchev–Trinajstić information content (AvgIpc) is 3.74. The van der Waals surface area contributed by atoms with Crippen LogP contribution in [0.15, 0.2) is 78.9 Å².